The second-order valence-corrected chi connectivity index (χ2v) is 8.01. The first kappa shape index (κ1) is 23.4. The molecule has 0 atom stereocenters. The molecule has 2 aromatic carbocycles. The number of aromatic nitrogens is 2. The Morgan fingerprint density at radius 1 is 1.21 bits per heavy atom. The van der Waals surface area contributed by atoms with Gasteiger partial charge in [-0.15, -0.1) is 0 Å². The average molecular weight is 462 g/mol. The van der Waals surface area contributed by atoms with Crippen molar-refractivity contribution in [2.24, 2.45) is 0 Å². The van der Waals surface area contributed by atoms with Gasteiger partial charge in [-0.25, -0.2) is 14.4 Å². The molecule has 0 unspecified atom stereocenters. The topological polar surface area (TPSA) is 79.4 Å². The molecule has 1 aliphatic heterocycles. The molecule has 2 heterocycles. The van der Waals surface area contributed by atoms with Gasteiger partial charge in [-0.1, -0.05) is 26.0 Å². The number of benzene rings is 2. The van der Waals surface area contributed by atoms with E-state index >= 15 is 0 Å². The molecule has 0 aliphatic carbocycles. The molecule has 0 radical (unpaired) electrons. The molecule has 1 aliphatic rings. The van der Waals surface area contributed by atoms with Gasteiger partial charge < -0.3 is 20.3 Å². The Kier molecular flexibility index (Phi) is 7.49. The predicted octanol–water partition coefficient (Wildman–Crippen LogP) is 4.94. The van der Waals surface area contributed by atoms with E-state index in [9.17, 15) is 9.18 Å². The van der Waals surface area contributed by atoms with Gasteiger partial charge in [0, 0.05) is 41.9 Å². The second-order valence-electron chi connectivity index (χ2n) is 8.01. The van der Waals surface area contributed by atoms with Crippen molar-refractivity contribution in [1.29, 1.82) is 0 Å². The molecule has 1 amide bonds. The van der Waals surface area contributed by atoms with Crippen LogP contribution in [0.3, 0.4) is 0 Å². The Balaban J connectivity index is 1.64. The van der Waals surface area contributed by atoms with Gasteiger partial charge in [-0.3, -0.25) is 4.79 Å². The molecular weight excluding hydrogens is 433 g/mol. The minimum absolute atomic E-state index is 0.341. The van der Waals surface area contributed by atoms with Gasteiger partial charge in [0.05, 0.1) is 18.9 Å². The van der Waals surface area contributed by atoms with E-state index in [1.807, 2.05) is 12.1 Å². The maximum atomic E-state index is 14.4. The number of ether oxygens (including phenoxy) is 1. The van der Waals surface area contributed by atoms with Crippen LogP contribution in [0.25, 0.3) is 11.3 Å². The van der Waals surface area contributed by atoms with Crippen LogP contribution in [0, 0.1) is 5.82 Å². The van der Waals surface area contributed by atoms with E-state index in [1.54, 1.807) is 12.3 Å². The predicted molar refractivity (Wildman–Crippen MR) is 133 cm³/mol. The molecular formula is C26H28FN5O2. The molecule has 176 valence electrons. The maximum absolute atomic E-state index is 14.4. The first-order valence-electron chi connectivity index (χ1n) is 11.4. The van der Waals surface area contributed by atoms with Gasteiger partial charge in [-0.2, -0.15) is 0 Å². The first-order valence-corrected chi connectivity index (χ1v) is 11.4. The number of nitrogens with one attached hydrogen (secondary N) is 2. The van der Waals surface area contributed by atoms with Gasteiger partial charge in [0.1, 0.15) is 5.82 Å². The van der Waals surface area contributed by atoms with Crippen molar-refractivity contribution in [3.05, 3.63) is 72.7 Å². The fourth-order valence-electron chi connectivity index (χ4n) is 3.89. The van der Waals surface area contributed by atoms with Gasteiger partial charge in [-0.05, 0) is 54.5 Å². The van der Waals surface area contributed by atoms with Crippen molar-refractivity contribution in [2.75, 3.05) is 41.8 Å². The van der Waals surface area contributed by atoms with E-state index in [1.165, 1.54) is 12.1 Å². The zero-order valence-electron chi connectivity index (χ0n) is 19.2. The van der Waals surface area contributed by atoms with Crippen molar-refractivity contribution in [3.8, 4) is 11.3 Å². The number of nitrogens with zero attached hydrogens (tertiary/aromatic N) is 3. The number of rotatable bonds is 8. The maximum Gasteiger partial charge on any atom is 0.247 e. The molecule has 2 N–H and O–H groups in total. The molecule has 3 aromatic rings. The minimum atomic E-state index is -0.467. The van der Waals surface area contributed by atoms with Crippen molar-refractivity contribution in [3.63, 3.8) is 0 Å². The van der Waals surface area contributed by atoms with Crippen molar-refractivity contribution in [2.45, 2.75) is 19.8 Å². The van der Waals surface area contributed by atoms with Gasteiger partial charge >= 0.3 is 0 Å². The summed E-state index contributed by atoms with van der Waals surface area (Å²) in [6.45, 7) is 8.63. The molecule has 7 nitrogen and oxygen atoms in total. The number of aryl methyl sites for hydroxylation is 1. The lowest BCUT2D eigenvalue weighted by molar-refractivity contribution is -0.111. The van der Waals surface area contributed by atoms with Gasteiger partial charge in [0.2, 0.25) is 11.9 Å². The monoisotopic (exact) mass is 461 g/mol. The second kappa shape index (κ2) is 10.9. The molecule has 1 aromatic heterocycles. The summed E-state index contributed by atoms with van der Waals surface area (Å²) in [5, 5.41) is 5.89. The highest BCUT2D eigenvalue weighted by Gasteiger charge is 2.14. The Bertz CT molecular complexity index is 1180. The first-order chi connectivity index (χ1) is 16.6. The number of amides is 1. The van der Waals surface area contributed by atoms with Crippen LogP contribution in [0.15, 0.2) is 61.3 Å². The molecule has 8 heteroatoms. The molecule has 4 rings (SSSR count). The summed E-state index contributed by atoms with van der Waals surface area (Å²) in [7, 11) is 0. The van der Waals surface area contributed by atoms with Crippen LogP contribution in [-0.4, -0.2) is 42.2 Å². The van der Waals surface area contributed by atoms with E-state index in [0.717, 1.165) is 48.9 Å². The normalized spacial score (nSPS) is 13.4. The van der Waals surface area contributed by atoms with E-state index in [0.29, 0.717) is 36.1 Å². The Morgan fingerprint density at radius 3 is 2.79 bits per heavy atom. The molecule has 1 fully saturated rings. The van der Waals surface area contributed by atoms with Gasteiger partial charge in [0.25, 0.3) is 0 Å². The van der Waals surface area contributed by atoms with E-state index in [-0.39, 0.29) is 0 Å². The largest absolute Gasteiger partial charge is 0.378 e. The van der Waals surface area contributed by atoms with E-state index < -0.39 is 11.7 Å². The summed E-state index contributed by atoms with van der Waals surface area (Å²) in [5.74, 6) is -0.462. The third-order valence-corrected chi connectivity index (χ3v) is 5.49. The highest BCUT2D eigenvalue weighted by Crippen LogP contribution is 2.29. The zero-order chi connectivity index (χ0) is 23.9. The fourth-order valence-corrected chi connectivity index (χ4v) is 3.89. The Labute approximate surface area is 198 Å². The number of halogens is 1. The van der Waals surface area contributed by atoms with Crippen LogP contribution < -0.4 is 15.5 Å². The standard InChI is InChI=1S/C26H28FN5O2/c1-3-6-18-17-28-26(30-21-7-5-8-23(16-21)32-9-11-34-12-10-32)31-25(18)19-13-20(27)15-22(14-19)29-24(33)4-2/h4-5,7-8,13-17H,2-3,6,9-12H2,1H3,(H,29,33)(H,28,30,31). The number of morpholine rings is 1. The smallest absolute Gasteiger partial charge is 0.247 e. The molecule has 0 spiro atoms. The molecule has 0 bridgehead atoms. The summed E-state index contributed by atoms with van der Waals surface area (Å²) in [5.41, 5.74) is 4.39. The van der Waals surface area contributed by atoms with Crippen LogP contribution >= 0.6 is 0 Å². The van der Waals surface area contributed by atoms with Crippen LogP contribution in [-0.2, 0) is 16.0 Å². The van der Waals surface area contributed by atoms with Crippen LogP contribution in [0.1, 0.15) is 18.9 Å². The summed E-state index contributed by atoms with van der Waals surface area (Å²) in [6, 6.07) is 12.4. The molecule has 0 saturated carbocycles. The summed E-state index contributed by atoms with van der Waals surface area (Å²) < 4.78 is 19.8. The third-order valence-electron chi connectivity index (χ3n) is 5.49. The number of anilines is 4. The van der Waals surface area contributed by atoms with Crippen LogP contribution in [0.2, 0.25) is 0 Å². The number of carbonyl (C=O) groups is 1. The van der Waals surface area contributed by atoms with Crippen molar-refractivity contribution < 1.29 is 13.9 Å². The quantitative estimate of drug-likeness (QED) is 0.463. The zero-order valence-corrected chi connectivity index (χ0v) is 19.2. The SMILES string of the molecule is C=CC(=O)Nc1cc(F)cc(-c2nc(Nc3cccc(N4CCOCC4)c3)ncc2CCC)c1. The summed E-state index contributed by atoms with van der Waals surface area (Å²) in [4.78, 5) is 23.2. The number of hydrogen-bond donors (Lipinski definition) is 2. The van der Waals surface area contributed by atoms with Gasteiger partial charge in [0.15, 0.2) is 0 Å². The lowest BCUT2D eigenvalue weighted by atomic mass is 10.0. The van der Waals surface area contributed by atoms with E-state index in [2.05, 4.69) is 46.2 Å². The fraction of sp³-hybridized carbons (Fsp3) is 0.269. The van der Waals surface area contributed by atoms with Crippen molar-refractivity contribution in [1.82, 2.24) is 9.97 Å². The average Bonchev–Trinajstić information content (AvgIpc) is 2.85. The lowest BCUT2D eigenvalue weighted by Crippen LogP contribution is -2.36. The number of hydrogen-bond acceptors (Lipinski definition) is 6. The molecule has 1 saturated heterocycles. The third kappa shape index (κ3) is 5.77. The van der Waals surface area contributed by atoms with E-state index in [4.69, 9.17) is 9.72 Å². The lowest BCUT2D eigenvalue weighted by Gasteiger charge is -2.29. The highest BCUT2D eigenvalue weighted by atomic mass is 19.1. The minimum Gasteiger partial charge on any atom is -0.378 e. The van der Waals surface area contributed by atoms with Crippen LogP contribution in [0.4, 0.5) is 27.4 Å². The van der Waals surface area contributed by atoms with Crippen LogP contribution in [0.5, 0.6) is 0 Å². The molecule has 34 heavy (non-hydrogen) atoms. The Hall–Kier alpha value is -3.78. The summed E-state index contributed by atoms with van der Waals surface area (Å²) in [6.07, 6.45) is 4.55. The number of carbonyl (C=O) groups excluding carboxylic acids is 1. The highest BCUT2D eigenvalue weighted by molar-refractivity contribution is 5.99. The van der Waals surface area contributed by atoms with Crippen molar-refractivity contribution >= 4 is 28.9 Å². The Morgan fingerprint density at radius 2 is 2.03 bits per heavy atom. The summed E-state index contributed by atoms with van der Waals surface area (Å²) >= 11 is 0.